The number of carbonyl (C=O) groups is 3. The number of hydrogen-bond acceptors (Lipinski definition) is 5. The van der Waals surface area contributed by atoms with Gasteiger partial charge in [0.05, 0.1) is 29.2 Å². The second-order valence-electron chi connectivity index (χ2n) is 15.3. The summed E-state index contributed by atoms with van der Waals surface area (Å²) in [5.74, 6) is -1.91. The van der Waals surface area contributed by atoms with Gasteiger partial charge in [-0.1, -0.05) is 97.4 Å². The fourth-order valence-electron chi connectivity index (χ4n) is 8.70. The number of likely N-dealkylation sites (tertiary alicyclic amines) is 1. The lowest BCUT2D eigenvalue weighted by atomic mass is 9.70. The maximum absolute atomic E-state index is 15.3. The predicted molar refractivity (Wildman–Crippen MR) is 199 cm³/mol. The van der Waals surface area contributed by atoms with Crippen LogP contribution in [0.15, 0.2) is 86.0 Å². The molecule has 0 saturated carbocycles. The normalized spacial score (nSPS) is 27.0. The molecular formula is C39H50BrN3O4S. The van der Waals surface area contributed by atoms with Crippen LogP contribution in [0, 0.1) is 17.3 Å². The third-order valence-corrected chi connectivity index (χ3v) is 13.3. The number of aliphatic hydroxyl groups is 1. The van der Waals surface area contributed by atoms with Crippen LogP contribution in [0.2, 0.25) is 0 Å². The van der Waals surface area contributed by atoms with Crippen LogP contribution in [0.1, 0.15) is 53.0 Å². The minimum atomic E-state index is -0.868. The molecule has 0 aliphatic carbocycles. The topological polar surface area (TPSA) is 81.2 Å². The van der Waals surface area contributed by atoms with Crippen molar-refractivity contribution in [3.63, 3.8) is 0 Å². The lowest BCUT2D eigenvalue weighted by Gasteiger charge is -2.46. The SMILES string of the molecule is C=CCN(C(=O)[C@H]1[C@H]2C(=O)N([C@@H](CO)Cc3ccccc3)C(C(=O)N(CC=C)C(C)(C)CC(C)(C)C)C23CC(Br)[C@@H]1S3)c1ccccc1. The number of fused-ring (bicyclic) bond motifs is 1. The van der Waals surface area contributed by atoms with Gasteiger partial charge in [0.1, 0.15) is 6.04 Å². The zero-order valence-corrected chi connectivity index (χ0v) is 31.3. The van der Waals surface area contributed by atoms with Gasteiger partial charge in [-0.2, -0.15) is 0 Å². The van der Waals surface area contributed by atoms with Crippen LogP contribution in [-0.4, -0.2) is 84.8 Å². The van der Waals surface area contributed by atoms with Crippen LogP contribution in [0.3, 0.4) is 0 Å². The van der Waals surface area contributed by atoms with E-state index in [0.29, 0.717) is 25.9 Å². The number of benzene rings is 2. The van der Waals surface area contributed by atoms with Gasteiger partial charge in [0.2, 0.25) is 17.7 Å². The van der Waals surface area contributed by atoms with E-state index < -0.39 is 34.2 Å². The Bertz CT molecular complexity index is 1510. The van der Waals surface area contributed by atoms with E-state index >= 15 is 9.59 Å². The molecule has 258 valence electrons. The van der Waals surface area contributed by atoms with Crippen molar-refractivity contribution in [2.24, 2.45) is 17.3 Å². The van der Waals surface area contributed by atoms with Gasteiger partial charge in [-0.05, 0) is 56.2 Å². The van der Waals surface area contributed by atoms with Gasteiger partial charge in [-0.15, -0.1) is 24.9 Å². The first-order chi connectivity index (χ1) is 22.7. The first-order valence-electron chi connectivity index (χ1n) is 16.9. The molecule has 2 bridgehead atoms. The summed E-state index contributed by atoms with van der Waals surface area (Å²) in [5.41, 5.74) is 1.08. The number of halogens is 1. The number of carbonyl (C=O) groups excluding carboxylic acids is 3. The van der Waals surface area contributed by atoms with Crippen LogP contribution in [0.25, 0.3) is 0 Å². The molecule has 3 unspecified atom stereocenters. The molecule has 0 radical (unpaired) electrons. The molecule has 1 N–H and O–H groups in total. The summed E-state index contributed by atoms with van der Waals surface area (Å²) in [6, 6.07) is 17.7. The van der Waals surface area contributed by atoms with Crippen molar-refractivity contribution in [2.75, 3.05) is 24.6 Å². The quantitative estimate of drug-likeness (QED) is 0.188. The number of nitrogens with zero attached hydrogens (tertiary/aromatic N) is 3. The Labute approximate surface area is 298 Å². The highest BCUT2D eigenvalue weighted by Crippen LogP contribution is 2.68. The molecular weight excluding hydrogens is 686 g/mol. The fourth-order valence-corrected chi connectivity index (χ4v) is 12.3. The maximum Gasteiger partial charge on any atom is 0.247 e. The zero-order valence-electron chi connectivity index (χ0n) is 28.8. The fraction of sp³-hybridized carbons (Fsp3) is 0.513. The summed E-state index contributed by atoms with van der Waals surface area (Å²) in [7, 11) is 0. The Kier molecular flexibility index (Phi) is 10.7. The van der Waals surface area contributed by atoms with Crippen LogP contribution in [0.5, 0.6) is 0 Å². The van der Waals surface area contributed by atoms with Crippen molar-refractivity contribution in [3.8, 4) is 0 Å². The molecule has 3 amide bonds. The number of anilines is 1. The van der Waals surface area contributed by atoms with E-state index in [1.807, 2.05) is 65.6 Å². The minimum absolute atomic E-state index is 0.0682. The molecule has 3 fully saturated rings. The molecule has 9 heteroatoms. The molecule has 2 aromatic rings. The van der Waals surface area contributed by atoms with Crippen molar-refractivity contribution >= 4 is 51.1 Å². The molecule has 3 aliphatic heterocycles. The Balaban J connectivity index is 1.64. The average Bonchev–Trinajstić information content (AvgIpc) is 3.63. The summed E-state index contributed by atoms with van der Waals surface area (Å²) in [5, 5.41) is 10.7. The molecule has 7 atom stereocenters. The number of alkyl halides is 1. The van der Waals surface area contributed by atoms with Crippen LogP contribution < -0.4 is 4.90 Å². The van der Waals surface area contributed by atoms with E-state index in [1.54, 1.807) is 33.7 Å². The minimum Gasteiger partial charge on any atom is -0.394 e. The molecule has 0 aromatic heterocycles. The van der Waals surface area contributed by atoms with Crippen molar-refractivity contribution in [1.82, 2.24) is 9.80 Å². The van der Waals surface area contributed by atoms with Crippen molar-refractivity contribution in [2.45, 2.75) is 86.3 Å². The molecule has 2 aromatic carbocycles. The van der Waals surface area contributed by atoms with E-state index in [1.165, 1.54) is 0 Å². The molecule has 5 rings (SSSR count). The number of amides is 3. The lowest BCUT2D eigenvalue weighted by Crippen LogP contribution is -2.62. The molecule has 7 nitrogen and oxygen atoms in total. The Morgan fingerprint density at radius 1 is 1.02 bits per heavy atom. The average molecular weight is 737 g/mol. The lowest BCUT2D eigenvalue weighted by molar-refractivity contribution is -0.149. The monoisotopic (exact) mass is 735 g/mol. The highest BCUT2D eigenvalue weighted by Gasteiger charge is 2.76. The third-order valence-electron chi connectivity index (χ3n) is 10.1. The van der Waals surface area contributed by atoms with E-state index in [2.05, 4.69) is 63.7 Å². The van der Waals surface area contributed by atoms with Crippen molar-refractivity contribution < 1.29 is 19.5 Å². The smallest absolute Gasteiger partial charge is 0.247 e. The zero-order chi connectivity index (χ0) is 35.0. The van der Waals surface area contributed by atoms with E-state index in [4.69, 9.17) is 0 Å². The number of hydrogen-bond donors (Lipinski definition) is 1. The van der Waals surface area contributed by atoms with Crippen LogP contribution in [0.4, 0.5) is 5.69 Å². The Morgan fingerprint density at radius 3 is 2.19 bits per heavy atom. The summed E-state index contributed by atoms with van der Waals surface area (Å²) < 4.78 is -0.856. The first kappa shape index (κ1) is 36.4. The van der Waals surface area contributed by atoms with Crippen LogP contribution in [-0.2, 0) is 20.8 Å². The Morgan fingerprint density at radius 2 is 1.62 bits per heavy atom. The van der Waals surface area contributed by atoms with Gasteiger partial charge in [0, 0.05) is 34.4 Å². The molecule has 3 heterocycles. The maximum atomic E-state index is 15.3. The molecule has 3 saturated heterocycles. The van der Waals surface area contributed by atoms with E-state index in [9.17, 15) is 9.90 Å². The van der Waals surface area contributed by atoms with E-state index in [0.717, 1.165) is 17.7 Å². The number of para-hydroxylation sites is 1. The van der Waals surface area contributed by atoms with Gasteiger partial charge < -0.3 is 19.8 Å². The highest BCUT2D eigenvalue weighted by molar-refractivity contribution is 9.09. The van der Waals surface area contributed by atoms with Gasteiger partial charge in [0.15, 0.2) is 0 Å². The summed E-state index contributed by atoms with van der Waals surface area (Å²) in [6.07, 6.45) is 5.13. The standard InChI is InChI=1S/C39H50BrN3O4S/c1-8-20-41(27-18-14-11-15-19-27)34(45)30-31-35(46)43(28(24-44)22-26-16-12-10-13-17-26)33(39(31)23-29(40)32(30)48-39)36(47)42(21-9-2)38(6,7)25-37(3,4)5/h8-19,28-33,44H,1-2,20-25H2,3-7H3/t28-,29?,30+,31+,32+,33?,39?/m1/s1. The van der Waals surface area contributed by atoms with Gasteiger partial charge in [0.25, 0.3) is 0 Å². The first-order valence-corrected chi connectivity index (χ1v) is 18.7. The number of thioether (sulfide) groups is 1. The second kappa shape index (κ2) is 14.2. The number of aliphatic hydroxyl groups excluding tert-OH is 1. The number of rotatable bonds is 13. The van der Waals surface area contributed by atoms with Crippen molar-refractivity contribution in [1.29, 1.82) is 0 Å². The predicted octanol–water partition coefficient (Wildman–Crippen LogP) is 6.50. The van der Waals surface area contributed by atoms with E-state index in [-0.39, 0.29) is 39.8 Å². The van der Waals surface area contributed by atoms with Gasteiger partial charge in [-0.3, -0.25) is 14.4 Å². The highest BCUT2D eigenvalue weighted by atomic mass is 79.9. The Hall–Kier alpha value is -2.88. The molecule has 1 spiro atoms. The molecule has 3 aliphatic rings. The van der Waals surface area contributed by atoms with Gasteiger partial charge in [-0.25, -0.2) is 0 Å². The van der Waals surface area contributed by atoms with Crippen molar-refractivity contribution in [3.05, 3.63) is 91.5 Å². The summed E-state index contributed by atoms with van der Waals surface area (Å²) >= 11 is 5.54. The summed E-state index contributed by atoms with van der Waals surface area (Å²) in [4.78, 5) is 50.3. The largest absolute Gasteiger partial charge is 0.394 e. The third kappa shape index (κ3) is 6.67. The summed E-state index contributed by atoms with van der Waals surface area (Å²) in [6.45, 7) is 18.9. The van der Waals surface area contributed by atoms with Gasteiger partial charge >= 0.3 is 0 Å². The van der Waals surface area contributed by atoms with Crippen LogP contribution >= 0.6 is 27.7 Å². The molecule has 48 heavy (non-hydrogen) atoms. The second-order valence-corrected chi connectivity index (χ2v) is 18.0.